The third kappa shape index (κ3) is 7.65. The molecule has 2 saturated heterocycles. The second-order valence-electron chi connectivity index (χ2n) is 12.9. The van der Waals surface area contributed by atoms with Crippen molar-refractivity contribution in [2.24, 2.45) is 0 Å². The van der Waals surface area contributed by atoms with E-state index in [1.165, 1.54) is 12.1 Å². The highest BCUT2D eigenvalue weighted by Crippen LogP contribution is 2.53. The van der Waals surface area contributed by atoms with E-state index in [2.05, 4.69) is 0 Å². The maximum absolute atomic E-state index is 15.0. The molecule has 270 valence electrons. The van der Waals surface area contributed by atoms with E-state index in [-0.39, 0.29) is 54.9 Å². The molecule has 2 aliphatic heterocycles. The van der Waals surface area contributed by atoms with Crippen LogP contribution in [0.25, 0.3) is 0 Å². The standard InChI is InChI=1S/C43H42ClFO7/c1-2-47-38-21-18-33(23-37(38)45)22-34-24-35(19-20-36(34)44)43-41(50-27-32-16-10-5-11-17-32)39(48-25-30-12-6-3-7-13-30)40(42(28-46,52-43)29-51-43)49-26-31-14-8-4-9-15-31/h3-21,23-24,39-41,46H,2,22,25-29H2,1H3/t39-,40-,41+,42?,43?/m0/s1/i22D2. The van der Waals surface area contributed by atoms with Crippen LogP contribution in [0, 0.1) is 5.82 Å². The van der Waals surface area contributed by atoms with Crippen LogP contribution in [0.1, 0.15) is 43.0 Å². The van der Waals surface area contributed by atoms with Gasteiger partial charge >= 0.3 is 0 Å². The second-order valence-corrected chi connectivity index (χ2v) is 13.3. The molecule has 0 saturated carbocycles. The molecule has 5 aromatic rings. The van der Waals surface area contributed by atoms with E-state index >= 15 is 4.39 Å². The SMILES string of the molecule is [2H]C([2H])(c1ccc(OCC)c(F)c1)c1cc(C23OCC(CO)(O2)[C@@H](OCc2ccccc2)[C@H](OCc2ccccc2)[C@H]3OCc2ccccc2)ccc1Cl. The van der Waals surface area contributed by atoms with Crippen LogP contribution in [0.5, 0.6) is 5.75 Å². The largest absolute Gasteiger partial charge is 0.491 e. The Morgan fingerprint density at radius 1 is 0.769 bits per heavy atom. The van der Waals surface area contributed by atoms with Gasteiger partial charge in [0.05, 0.1) is 39.6 Å². The first-order chi connectivity index (χ1) is 26.2. The van der Waals surface area contributed by atoms with E-state index in [0.717, 1.165) is 22.8 Å². The molecule has 2 fully saturated rings. The molecule has 0 aromatic heterocycles. The zero-order chi connectivity index (χ0) is 37.8. The van der Waals surface area contributed by atoms with Crippen LogP contribution in [0.2, 0.25) is 5.02 Å². The monoisotopic (exact) mass is 726 g/mol. The number of halogens is 2. The van der Waals surface area contributed by atoms with Crippen molar-refractivity contribution in [3.8, 4) is 5.75 Å². The molecule has 9 heteroatoms. The first kappa shape index (κ1) is 33.7. The smallest absolute Gasteiger partial charge is 0.225 e. The van der Waals surface area contributed by atoms with Gasteiger partial charge in [0.15, 0.2) is 11.6 Å². The third-order valence-electron chi connectivity index (χ3n) is 9.35. The molecule has 1 N–H and O–H groups in total. The average Bonchev–Trinajstić information content (AvgIpc) is 3.56. The molecule has 7 nitrogen and oxygen atoms in total. The highest BCUT2D eigenvalue weighted by Gasteiger charge is 2.69. The molecule has 52 heavy (non-hydrogen) atoms. The van der Waals surface area contributed by atoms with Crippen LogP contribution < -0.4 is 4.74 Å². The van der Waals surface area contributed by atoms with Gasteiger partial charge in [0.1, 0.15) is 23.9 Å². The van der Waals surface area contributed by atoms with E-state index in [4.69, 9.17) is 40.0 Å². The molecule has 0 aliphatic carbocycles. The van der Waals surface area contributed by atoms with E-state index in [0.29, 0.717) is 5.56 Å². The minimum Gasteiger partial charge on any atom is -0.491 e. The Hall–Kier alpha value is -4.12. The number of aliphatic hydroxyl groups excluding tert-OH is 1. The molecule has 7 rings (SSSR count). The van der Waals surface area contributed by atoms with E-state index in [1.54, 1.807) is 25.1 Å². The van der Waals surface area contributed by atoms with Crippen LogP contribution in [0.4, 0.5) is 4.39 Å². The highest BCUT2D eigenvalue weighted by atomic mass is 35.5. The van der Waals surface area contributed by atoms with Gasteiger partial charge < -0.3 is 33.5 Å². The Labute approximate surface area is 311 Å². The minimum atomic E-state index is -2.26. The van der Waals surface area contributed by atoms with Crippen molar-refractivity contribution in [1.29, 1.82) is 0 Å². The summed E-state index contributed by atoms with van der Waals surface area (Å²) in [5, 5.41) is 11.3. The fraction of sp³-hybridized carbons (Fsp3) is 0.302. The average molecular weight is 727 g/mol. The Morgan fingerprint density at radius 3 is 1.94 bits per heavy atom. The number of fused-ring (bicyclic) bond motifs is 2. The summed E-state index contributed by atoms with van der Waals surface area (Å²) in [5.74, 6) is -2.39. The van der Waals surface area contributed by atoms with Crippen molar-refractivity contribution in [1.82, 2.24) is 0 Å². The van der Waals surface area contributed by atoms with Crippen LogP contribution in [0.15, 0.2) is 127 Å². The lowest BCUT2D eigenvalue weighted by Gasteiger charge is -2.50. The van der Waals surface area contributed by atoms with Crippen LogP contribution in [0.3, 0.4) is 0 Å². The first-order valence-electron chi connectivity index (χ1n) is 18.3. The van der Waals surface area contributed by atoms with Gasteiger partial charge in [-0.1, -0.05) is 115 Å². The Kier molecular flexibility index (Phi) is 10.5. The van der Waals surface area contributed by atoms with Gasteiger partial charge in [-0.25, -0.2) is 4.39 Å². The van der Waals surface area contributed by atoms with Gasteiger partial charge in [0.25, 0.3) is 0 Å². The van der Waals surface area contributed by atoms with E-state index in [9.17, 15) is 7.85 Å². The lowest BCUT2D eigenvalue weighted by atomic mass is 9.83. The number of benzene rings is 5. The Bertz CT molecular complexity index is 2010. The normalized spacial score (nSPS) is 24.7. The van der Waals surface area contributed by atoms with Crippen molar-refractivity contribution < 1.29 is 40.7 Å². The number of hydrogen-bond donors (Lipinski definition) is 1. The molecule has 2 heterocycles. The minimum absolute atomic E-state index is 0.0232. The third-order valence-corrected chi connectivity index (χ3v) is 9.68. The lowest BCUT2D eigenvalue weighted by molar-refractivity contribution is -0.353. The van der Waals surface area contributed by atoms with Gasteiger partial charge in [-0.3, -0.25) is 0 Å². The van der Waals surface area contributed by atoms with Crippen molar-refractivity contribution in [3.63, 3.8) is 0 Å². The van der Waals surface area contributed by atoms with Crippen LogP contribution in [-0.4, -0.2) is 48.8 Å². The van der Waals surface area contributed by atoms with E-state index < -0.39 is 48.5 Å². The topological polar surface area (TPSA) is 75.6 Å². The van der Waals surface area contributed by atoms with Gasteiger partial charge in [0.2, 0.25) is 5.79 Å². The number of aliphatic hydroxyl groups is 1. The summed E-state index contributed by atoms with van der Waals surface area (Å²) in [4.78, 5) is 0. The molecule has 5 aromatic carbocycles. The van der Waals surface area contributed by atoms with Crippen molar-refractivity contribution in [2.75, 3.05) is 19.8 Å². The second kappa shape index (κ2) is 16.3. The molecule has 0 spiro atoms. The number of hydrogen-bond acceptors (Lipinski definition) is 7. The van der Waals surface area contributed by atoms with Crippen LogP contribution >= 0.6 is 11.6 Å². The van der Waals surface area contributed by atoms with Crippen molar-refractivity contribution in [2.45, 2.75) is 62.8 Å². The molecule has 0 amide bonds. The summed E-state index contributed by atoms with van der Waals surface area (Å²) in [6.07, 6.45) is -5.00. The predicted octanol–water partition coefficient (Wildman–Crippen LogP) is 8.17. The molecule has 2 bridgehead atoms. The quantitative estimate of drug-likeness (QED) is 0.117. The zero-order valence-electron chi connectivity index (χ0n) is 30.8. The highest BCUT2D eigenvalue weighted by molar-refractivity contribution is 6.31. The summed E-state index contributed by atoms with van der Waals surface area (Å²) < 4.78 is 72.7. The van der Waals surface area contributed by atoms with Crippen molar-refractivity contribution >= 4 is 11.6 Å². The molecule has 5 atom stereocenters. The maximum atomic E-state index is 15.0. The Morgan fingerprint density at radius 2 is 1.37 bits per heavy atom. The van der Waals surface area contributed by atoms with Gasteiger partial charge in [0, 0.05) is 13.3 Å². The molecule has 0 radical (unpaired) electrons. The summed E-state index contributed by atoms with van der Waals surface area (Å²) in [5.41, 5.74) is 1.79. The number of rotatable bonds is 15. The zero-order valence-corrected chi connectivity index (χ0v) is 29.5. The fourth-order valence-corrected chi connectivity index (χ4v) is 6.94. The maximum Gasteiger partial charge on any atom is 0.225 e. The molecule has 2 unspecified atom stereocenters. The summed E-state index contributed by atoms with van der Waals surface area (Å²) >= 11 is 6.73. The van der Waals surface area contributed by atoms with Gasteiger partial charge in [-0.15, -0.1) is 0 Å². The molecule has 2 aliphatic rings. The van der Waals surface area contributed by atoms with Crippen LogP contribution in [-0.2, 0) is 55.7 Å². The summed E-state index contributed by atoms with van der Waals surface area (Å²) in [6.45, 7) is 1.98. The Balaban J connectivity index is 1.33. The summed E-state index contributed by atoms with van der Waals surface area (Å²) in [7, 11) is 0. The molecular weight excluding hydrogens is 683 g/mol. The van der Waals surface area contributed by atoms with Crippen molar-refractivity contribution in [3.05, 3.63) is 172 Å². The lowest BCUT2D eigenvalue weighted by Crippen LogP contribution is -2.67. The van der Waals surface area contributed by atoms with Gasteiger partial charge in [-0.2, -0.15) is 0 Å². The molecular formula is C43H42ClFO7. The first-order valence-corrected chi connectivity index (χ1v) is 17.7. The van der Waals surface area contributed by atoms with Gasteiger partial charge in [-0.05, 0) is 65.4 Å². The predicted molar refractivity (Wildman–Crippen MR) is 195 cm³/mol. The van der Waals surface area contributed by atoms with E-state index in [1.807, 2.05) is 91.0 Å². The fourth-order valence-electron chi connectivity index (χ4n) is 6.78. The number of ether oxygens (including phenoxy) is 6. The summed E-state index contributed by atoms with van der Waals surface area (Å²) in [6, 6.07) is 37.8.